The Balaban J connectivity index is 1.40. The van der Waals surface area contributed by atoms with E-state index >= 15 is 0 Å². The first-order valence-electron chi connectivity index (χ1n) is 10.4. The molecule has 4 nitrogen and oxygen atoms in total. The molecule has 1 aromatic carbocycles. The van der Waals surface area contributed by atoms with Crippen LogP contribution in [0.2, 0.25) is 5.02 Å². The Labute approximate surface area is 195 Å². The Bertz CT molecular complexity index is 1240. The van der Waals surface area contributed by atoms with E-state index in [-0.39, 0.29) is 0 Å². The van der Waals surface area contributed by atoms with E-state index in [1.807, 2.05) is 36.0 Å². The van der Waals surface area contributed by atoms with Crippen molar-refractivity contribution in [1.82, 2.24) is 14.4 Å². The highest BCUT2D eigenvalue weighted by Crippen LogP contribution is 2.29. The maximum Gasteiger partial charge on any atom is 0.183 e. The number of nitrogens with zero attached hydrogens (tertiary/aromatic N) is 3. The van der Waals surface area contributed by atoms with Gasteiger partial charge in [-0.25, -0.2) is 9.97 Å². The number of allylic oxidation sites excluding steroid dienone is 1. The SMILES string of the molecule is CCc1nc2ccc(C3=CCSCC3)cn2c1CNc1nc(-c2ccc(Cl)cc2)cs1. The average Bonchev–Trinajstić information content (AvgIpc) is 3.42. The van der Waals surface area contributed by atoms with Gasteiger partial charge in [-0.3, -0.25) is 0 Å². The van der Waals surface area contributed by atoms with Gasteiger partial charge in [-0.15, -0.1) is 11.3 Å². The summed E-state index contributed by atoms with van der Waals surface area (Å²) in [5.41, 5.74) is 8.11. The molecule has 1 aliphatic rings. The lowest BCUT2D eigenvalue weighted by Crippen LogP contribution is -2.06. The lowest BCUT2D eigenvalue weighted by molar-refractivity contribution is 0.946. The summed E-state index contributed by atoms with van der Waals surface area (Å²) in [4.78, 5) is 9.62. The van der Waals surface area contributed by atoms with Crippen LogP contribution < -0.4 is 5.32 Å². The largest absolute Gasteiger partial charge is 0.356 e. The molecule has 7 heteroatoms. The zero-order valence-corrected chi connectivity index (χ0v) is 19.7. The second-order valence-corrected chi connectivity index (χ2v) is 9.90. The van der Waals surface area contributed by atoms with Gasteiger partial charge in [-0.2, -0.15) is 11.8 Å². The van der Waals surface area contributed by atoms with Gasteiger partial charge in [0.25, 0.3) is 0 Å². The van der Waals surface area contributed by atoms with Crippen molar-refractivity contribution in [2.24, 2.45) is 0 Å². The Hall–Kier alpha value is -2.28. The lowest BCUT2D eigenvalue weighted by atomic mass is 10.1. The molecule has 158 valence electrons. The number of imidazole rings is 1. The van der Waals surface area contributed by atoms with Crippen LogP contribution in [0.5, 0.6) is 0 Å². The molecule has 4 heterocycles. The zero-order valence-electron chi connectivity index (χ0n) is 17.3. The number of pyridine rings is 1. The standard InChI is InChI=1S/C24H23ClN4S2/c1-2-20-22(13-26-24-28-21(15-31-24)17-3-6-19(25)7-4-17)29-14-18(5-8-23(29)27-20)16-9-11-30-12-10-16/h3-9,14-15H,2,10-13H2,1H3,(H,26,28). The number of benzene rings is 1. The van der Waals surface area contributed by atoms with Crippen LogP contribution in [0, 0.1) is 0 Å². The number of hydrogen-bond acceptors (Lipinski definition) is 5. The Morgan fingerprint density at radius 2 is 1.94 bits per heavy atom. The van der Waals surface area contributed by atoms with E-state index in [2.05, 4.69) is 46.4 Å². The van der Waals surface area contributed by atoms with Gasteiger partial charge in [-0.1, -0.05) is 36.7 Å². The summed E-state index contributed by atoms with van der Waals surface area (Å²) in [7, 11) is 0. The number of anilines is 1. The molecule has 0 aliphatic carbocycles. The van der Waals surface area contributed by atoms with Crippen molar-refractivity contribution in [3.8, 4) is 11.3 Å². The number of aromatic nitrogens is 3. The number of fused-ring (bicyclic) bond motifs is 1. The van der Waals surface area contributed by atoms with Gasteiger partial charge < -0.3 is 9.72 Å². The van der Waals surface area contributed by atoms with Crippen molar-refractivity contribution >= 4 is 51.1 Å². The summed E-state index contributed by atoms with van der Waals surface area (Å²) in [5, 5.41) is 7.24. The van der Waals surface area contributed by atoms with Gasteiger partial charge in [0.15, 0.2) is 5.13 Å². The van der Waals surface area contributed by atoms with Crippen LogP contribution in [-0.4, -0.2) is 25.9 Å². The van der Waals surface area contributed by atoms with Gasteiger partial charge in [0.1, 0.15) is 5.65 Å². The van der Waals surface area contributed by atoms with E-state index < -0.39 is 0 Å². The number of thioether (sulfide) groups is 1. The highest BCUT2D eigenvalue weighted by molar-refractivity contribution is 7.99. The molecule has 0 spiro atoms. The number of halogens is 1. The average molecular weight is 467 g/mol. The summed E-state index contributed by atoms with van der Waals surface area (Å²) in [6.07, 6.45) is 6.65. The van der Waals surface area contributed by atoms with E-state index in [4.69, 9.17) is 21.6 Å². The third-order valence-electron chi connectivity index (χ3n) is 5.52. The van der Waals surface area contributed by atoms with E-state index in [0.29, 0.717) is 6.54 Å². The summed E-state index contributed by atoms with van der Waals surface area (Å²) in [6.45, 7) is 2.85. The van der Waals surface area contributed by atoms with E-state index in [1.165, 1.54) is 22.6 Å². The van der Waals surface area contributed by atoms with Crippen LogP contribution >= 0.6 is 34.7 Å². The molecule has 0 saturated heterocycles. The monoisotopic (exact) mass is 466 g/mol. The number of aryl methyl sites for hydroxylation is 1. The molecule has 0 atom stereocenters. The molecular formula is C24H23ClN4S2. The fourth-order valence-corrected chi connectivity index (χ4v) is 5.55. The Kier molecular flexibility index (Phi) is 6.03. The minimum Gasteiger partial charge on any atom is -0.356 e. The van der Waals surface area contributed by atoms with Crippen LogP contribution in [-0.2, 0) is 13.0 Å². The van der Waals surface area contributed by atoms with Gasteiger partial charge in [0.2, 0.25) is 0 Å². The van der Waals surface area contributed by atoms with Crippen LogP contribution in [0.25, 0.3) is 22.5 Å². The third kappa shape index (κ3) is 4.38. The Morgan fingerprint density at radius 3 is 2.71 bits per heavy atom. The number of thiazole rings is 1. The normalized spacial score (nSPS) is 14.1. The van der Waals surface area contributed by atoms with Crippen molar-refractivity contribution in [2.45, 2.75) is 26.3 Å². The summed E-state index contributed by atoms with van der Waals surface area (Å²) < 4.78 is 2.25. The molecule has 5 rings (SSSR count). The van der Waals surface area contributed by atoms with Gasteiger partial charge in [-0.05, 0) is 54.0 Å². The van der Waals surface area contributed by atoms with Crippen molar-refractivity contribution < 1.29 is 0 Å². The first-order chi connectivity index (χ1) is 15.2. The number of nitrogens with one attached hydrogen (secondary N) is 1. The molecule has 0 unspecified atom stereocenters. The predicted octanol–water partition coefficient (Wildman–Crippen LogP) is 6.81. The fraction of sp³-hybridized carbons (Fsp3) is 0.250. The van der Waals surface area contributed by atoms with E-state index in [0.717, 1.165) is 51.3 Å². The second kappa shape index (κ2) is 9.07. The molecule has 1 aliphatic heterocycles. The molecule has 3 aromatic heterocycles. The van der Waals surface area contributed by atoms with E-state index in [9.17, 15) is 0 Å². The zero-order chi connectivity index (χ0) is 21.2. The lowest BCUT2D eigenvalue weighted by Gasteiger charge is -2.13. The Morgan fingerprint density at radius 1 is 1.10 bits per heavy atom. The molecule has 0 saturated carbocycles. The number of rotatable bonds is 6. The minimum atomic E-state index is 0.691. The van der Waals surface area contributed by atoms with Crippen molar-refractivity contribution in [3.05, 3.63) is 76.0 Å². The second-order valence-electron chi connectivity index (χ2n) is 7.46. The first kappa shape index (κ1) is 20.6. The molecule has 0 radical (unpaired) electrons. The highest BCUT2D eigenvalue weighted by atomic mass is 35.5. The molecule has 0 fully saturated rings. The van der Waals surface area contributed by atoms with Gasteiger partial charge >= 0.3 is 0 Å². The minimum absolute atomic E-state index is 0.691. The van der Waals surface area contributed by atoms with Crippen LogP contribution in [0.4, 0.5) is 5.13 Å². The topological polar surface area (TPSA) is 42.2 Å². The van der Waals surface area contributed by atoms with E-state index in [1.54, 1.807) is 11.3 Å². The molecule has 4 aromatic rings. The first-order valence-corrected chi connectivity index (χ1v) is 12.8. The van der Waals surface area contributed by atoms with Crippen LogP contribution in [0.1, 0.15) is 30.3 Å². The quantitative estimate of drug-likeness (QED) is 0.339. The smallest absolute Gasteiger partial charge is 0.183 e. The summed E-state index contributed by atoms with van der Waals surface area (Å²) >= 11 is 9.62. The van der Waals surface area contributed by atoms with Crippen molar-refractivity contribution in [2.75, 3.05) is 16.8 Å². The number of hydrogen-bond donors (Lipinski definition) is 1. The molecular weight excluding hydrogens is 444 g/mol. The van der Waals surface area contributed by atoms with Crippen LogP contribution in [0.15, 0.2) is 54.1 Å². The molecule has 31 heavy (non-hydrogen) atoms. The maximum atomic E-state index is 6.01. The molecule has 1 N–H and O–H groups in total. The maximum absolute atomic E-state index is 6.01. The fourth-order valence-electron chi connectivity index (χ4n) is 3.86. The van der Waals surface area contributed by atoms with Gasteiger partial charge in [0.05, 0.1) is 23.6 Å². The van der Waals surface area contributed by atoms with Crippen molar-refractivity contribution in [1.29, 1.82) is 0 Å². The van der Waals surface area contributed by atoms with Gasteiger partial charge in [0, 0.05) is 27.9 Å². The summed E-state index contributed by atoms with van der Waals surface area (Å²) in [6, 6.07) is 12.1. The van der Waals surface area contributed by atoms with Crippen molar-refractivity contribution in [3.63, 3.8) is 0 Å². The molecule has 0 bridgehead atoms. The predicted molar refractivity (Wildman–Crippen MR) is 134 cm³/mol. The third-order valence-corrected chi connectivity index (χ3v) is 7.47. The summed E-state index contributed by atoms with van der Waals surface area (Å²) in [5.74, 6) is 2.30. The van der Waals surface area contributed by atoms with Crippen LogP contribution in [0.3, 0.4) is 0 Å². The molecule has 0 amide bonds. The highest BCUT2D eigenvalue weighted by Gasteiger charge is 2.14.